The van der Waals surface area contributed by atoms with Crippen LogP contribution in [0.25, 0.3) is 115 Å². The van der Waals surface area contributed by atoms with Crippen molar-refractivity contribution in [2.75, 3.05) is 0 Å². The van der Waals surface area contributed by atoms with Crippen LogP contribution in [0.1, 0.15) is 0 Å². The number of benzene rings is 7. The number of thiophene rings is 1. The molecule has 1 aliphatic rings. The van der Waals surface area contributed by atoms with Gasteiger partial charge in [-0.2, -0.15) is 0 Å². The van der Waals surface area contributed by atoms with Crippen molar-refractivity contribution < 1.29 is 4.42 Å². The molecule has 0 atom stereocenters. The number of rotatable bonds is 3. The molecule has 0 bridgehead atoms. The van der Waals surface area contributed by atoms with Gasteiger partial charge in [-0.1, -0.05) is 103 Å². The molecule has 11 aromatic rings. The third-order valence-corrected chi connectivity index (χ3v) is 11.7. The van der Waals surface area contributed by atoms with E-state index in [1.807, 2.05) is 47.7 Å². The summed E-state index contributed by atoms with van der Waals surface area (Å²) < 4.78 is 10.2. The number of nitrogens with zero attached hydrogens (tertiary/aromatic N) is 3. The molecular formula is C46H25N3OS. The van der Waals surface area contributed by atoms with Crippen molar-refractivity contribution in [3.8, 4) is 49.9 Å². The molecule has 0 saturated heterocycles. The Morgan fingerprint density at radius 3 is 2.24 bits per heavy atom. The second-order valence-electron chi connectivity index (χ2n) is 13.3. The molecular weight excluding hydrogens is 643 g/mol. The lowest BCUT2D eigenvalue weighted by Gasteiger charge is -2.11. The zero-order valence-corrected chi connectivity index (χ0v) is 27.9. The smallest absolute Gasteiger partial charge is 0.197 e. The molecule has 1 aliphatic carbocycles. The van der Waals surface area contributed by atoms with Crippen LogP contribution in [-0.2, 0) is 0 Å². The van der Waals surface area contributed by atoms with Crippen LogP contribution < -0.4 is 0 Å². The maximum absolute atomic E-state index is 6.57. The third kappa shape index (κ3) is 3.73. The van der Waals surface area contributed by atoms with Gasteiger partial charge in [0.1, 0.15) is 11.1 Å². The minimum atomic E-state index is 0.668. The Balaban J connectivity index is 1.12. The largest absolute Gasteiger partial charge is 0.450 e. The quantitative estimate of drug-likeness (QED) is 0.188. The first-order chi connectivity index (χ1) is 25.3. The van der Waals surface area contributed by atoms with Crippen LogP contribution in [-0.4, -0.2) is 14.5 Å². The van der Waals surface area contributed by atoms with Gasteiger partial charge in [0, 0.05) is 47.8 Å². The van der Waals surface area contributed by atoms with Crippen LogP contribution in [0.4, 0.5) is 0 Å². The molecule has 4 heterocycles. The summed E-state index contributed by atoms with van der Waals surface area (Å²) in [5.74, 6) is 1.40. The summed E-state index contributed by atoms with van der Waals surface area (Å²) in [6, 6.07) is 54.1. The van der Waals surface area contributed by atoms with Crippen LogP contribution in [0.3, 0.4) is 0 Å². The van der Waals surface area contributed by atoms with Gasteiger partial charge in [-0.15, -0.1) is 11.3 Å². The summed E-state index contributed by atoms with van der Waals surface area (Å²) in [5, 5.41) is 7.28. The topological polar surface area (TPSA) is 43.9 Å². The van der Waals surface area contributed by atoms with E-state index in [0.29, 0.717) is 11.4 Å². The van der Waals surface area contributed by atoms with Crippen molar-refractivity contribution in [3.63, 3.8) is 0 Å². The highest BCUT2D eigenvalue weighted by Gasteiger charge is 2.27. The van der Waals surface area contributed by atoms with E-state index >= 15 is 0 Å². The fraction of sp³-hybridized carbons (Fsp3) is 0. The van der Waals surface area contributed by atoms with Crippen molar-refractivity contribution in [2.24, 2.45) is 0 Å². The Labute approximate surface area is 295 Å². The van der Waals surface area contributed by atoms with Crippen LogP contribution in [0.15, 0.2) is 156 Å². The van der Waals surface area contributed by atoms with Crippen LogP contribution in [0.2, 0.25) is 0 Å². The molecule has 0 saturated carbocycles. The zero-order valence-electron chi connectivity index (χ0n) is 27.1. The molecule has 5 heteroatoms. The first-order valence-corrected chi connectivity index (χ1v) is 18.0. The van der Waals surface area contributed by atoms with E-state index in [9.17, 15) is 0 Å². The number of fused-ring (bicyclic) bond motifs is 11. The van der Waals surface area contributed by atoms with Gasteiger partial charge in [0.2, 0.25) is 0 Å². The lowest BCUT2D eigenvalue weighted by atomic mass is 9.94. The molecule has 0 fully saturated rings. The average molecular weight is 668 g/mol. The predicted molar refractivity (Wildman–Crippen MR) is 212 cm³/mol. The summed E-state index contributed by atoms with van der Waals surface area (Å²) in [7, 11) is 0. The minimum Gasteiger partial charge on any atom is -0.450 e. The summed E-state index contributed by atoms with van der Waals surface area (Å²) in [4.78, 5) is 11.7. The lowest BCUT2D eigenvalue weighted by Crippen LogP contribution is -2.01. The van der Waals surface area contributed by atoms with Gasteiger partial charge in [0.05, 0.1) is 11.0 Å². The molecule has 0 radical (unpaired) electrons. The average Bonchev–Trinajstić information content (AvgIpc) is 3.93. The molecule has 236 valence electrons. The first-order valence-electron chi connectivity index (χ1n) is 17.2. The van der Waals surface area contributed by atoms with Crippen molar-refractivity contribution >= 4 is 76.1 Å². The molecule has 51 heavy (non-hydrogen) atoms. The van der Waals surface area contributed by atoms with Crippen molar-refractivity contribution in [2.45, 2.75) is 0 Å². The monoisotopic (exact) mass is 667 g/mol. The van der Waals surface area contributed by atoms with Gasteiger partial charge >= 0.3 is 0 Å². The molecule has 4 aromatic heterocycles. The molecule has 0 N–H and O–H groups in total. The fourth-order valence-electron chi connectivity index (χ4n) is 8.31. The Bertz CT molecular complexity index is 3260. The van der Waals surface area contributed by atoms with E-state index in [0.717, 1.165) is 44.3 Å². The second kappa shape index (κ2) is 10.0. The molecule has 0 spiro atoms. The highest BCUT2D eigenvalue weighted by Crippen LogP contribution is 2.55. The molecule has 12 rings (SSSR count). The van der Waals surface area contributed by atoms with Crippen LogP contribution in [0, 0.1) is 0 Å². The molecule has 0 aliphatic heterocycles. The molecule has 0 amide bonds. The Kier molecular flexibility index (Phi) is 5.35. The van der Waals surface area contributed by atoms with E-state index in [1.54, 1.807) is 0 Å². The van der Waals surface area contributed by atoms with Crippen molar-refractivity contribution in [3.05, 3.63) is 152 Å². The zero-order chi connectivity index (χ0) is 33.2. The minimum absolute atomic E-state index is 0.668. The Morgan fingerprint density at radius 1 is 0.529 bits per heavy atom. The number of aromatic nitrogens is 3. The number of furan rings is 1. The SMILES string of the molecule is c1ccc(-c2nc(-n3c4ccccc4c4cc(-c5cc6c7c(cccc7c5)-c5sc7ccccc7c5-6)ccc43)c3oc4ccccc4c3n2)cc1. The molecule has 7 aromatic carbocycles. The van der Waals surface area contributed by atoms with Gasteiger partial charge in [-0.25, -0.2) is 9.97 Å². The first kappa shape index (κ1) is 27.3. The van der Waals surface area contributed by atoms with Gasteiger partial charge in [-0.05, 0) is 76.0 Å². The number of para-hydroxylation sites is 2. The van der Waals surface area contributed by atoms with Crippen LogP contribution >= 0.6 is 11.3 Å². The summed E-state index contributed by atoms with van der Waals surface area (Å²) in [6.07, 6.45) is 0. The number of hydrogen-bond donors (Lipinski definition) is 0. The van der Waals surface area contributed by atoms with Gasteiger partial charge in [-0.3, -0.25) is 4.57 Å². The van der Waals surface area contributed by atoms with Crippen LogP contribution in [0.5, 0.6) is 0 Å². The third-order valence-electron chi connectivity index (χ3n) is 10.5. The highest BCUT2D eigenvalue weighted by molar-refractivity contribution is 7.23. The standard InChI is InChI=1S/C46H25N3OS/c1-2-11-26(12-3-1)45-47-42-31-15-5-8-19-38(31)50-43(42)46(48-45)49-36-18-7-4-14-30(36)34-24-27(21-22-37(34)49)29-23-28-13-10-17-33-40(28)35(25-29)41-32-16-6-9-20-39(32)51-44(33)41/h1-25H. The second-order valence-corrected chi connectivity index (χ2v) is 14.4. The maximum Gasteiger partial charge on any atom is 0.197 e. The van der Waals surface area contributed by atoms with E-state index in [2.05, 4.69) is 120 Å². The fourth-order valence-corrected chi connectivity index (χ4v) is 9.56. The normalized spacial score (nSPS) is 12.3. The van der Waals surface area contributed by atoms with Gasteiger partial charge < -0.3 is 4.42 Å². The number of hydrogen-bond acceptors (Lipinski definition) is 4. The summed E-state index contributed by atoms with van der Waals surface area (Å²) in [6.45, 7) is 0. The lowest BCUT2D eigenvalue weighted by molar-refractivity contribution is 0.662. The summed E-state index contributed by atoms with van der Waals surface area (Å²) >= 11 is 1.90. The van der Waals surface area contributed by atoms with Gasteiger partial charge in [0.25, 0.3) is 0 Å². The van der Waals surface area contributed by atoms with E-state index in [4.69, 9.17) is 14.4 Å². The molecule has 0 unspecified atom stereocenters. The van der Waals surface area contributed by atoms with E-state index in [-0.39, 0.29) is 0 Å². The van der Waals surface area contributed by atoms with Crippen molar-refractivity contribution in [1.82, 2.24) is 14.5 Å². The Morgan fingerprint density at radius 2 is 1.31 bits per heavy atom. The summed E-state index contributed by atoms with van der Waals surface area (Å²) in [5.41, 5.74) is 11.8. The van der Waals surface area contributed by atoms with E-state index < -0.39 is 0 Å². The highest BCUT2D eigenvalue weighted by atomic mass is 32.1. The van der Waals surface area contributed by atoms with E-state index in [1.165, 1.54) is 58.9 Å². The Hall–Kier alpha value is -6.56. The predicted octanol–water partition coefficient (Wildman–Crippen LogP) is 12.8. The van der Waals surface area contributed by atoms with Gasteiger partial charge in [0.15, 0.2) is 17.2 Å². The van der Waals surface area contributed by atoms with Crippen molar-refractivity contribution in [1.29, 1.82) is 0 Å². The molecule has 4 nitrogen and oxygen atoms in total. The maximum atomic E-state index is 6.57.